The highest BCUT2D eigenvalue weighted by molar-refractivity contribution is 7.89. The van der Waals surface area contributed by atoms with Crippen LogP contribution in [0, 0.1) is 0 Å². The third-order valence-corrected chi connectivity index (χ3v) is 6.23. The van der Waals surface area contributed by atoms with Crippen molar-refractivity contribution in [2.24, 2.45) is 5.73 Å². The predicted molar refractivity (Wildman–Crippen MR) is 81.6 cm³/mol. The monoisotopic (exact) mass is 336 g/mol. The van der Waals surface area contributed by atoms with Crippen molar-refractivity contribution < 1.29 is 8.42 Å². The molecule has 1 aliphatic rings. The van der Waals surface area contributed by atoms with E-state index in [9.17, 15) is 8.42 Å². The van der Waals surface area contributed by atoms with Gasteiger partial charge in [-0.1, -0.05) is 29.6 Å². The molecule has 2 unspecified atom stereocenters. The molecule has 0 amide bonds. The first-order valence-corrected chi connectivity index (χ1v) is 8.76. The van der Waals surface area contributed by atoms with Crippen LogP contribution in [-0.4, -0.2) is 31.4 Å². The van der Waals surface area contributed by atoms with Crippen LogP contribution in [0.25, 0.3) is 0 Å². The van der Waals surface area contributed by atoms with Gasteiger partial charge in [-0.2, -0.15) is 4.31 Å². The molecule has 1 aromatic carbocycles. The van der Waals surface area contributed by atoms with Gasteiger partial charge in [-0.25, -0.2) is 8.42 Å². The van der Waals surface area contributed by atoms with E-state index in [4.69, 9.17) is 28.9 Å². The van der Waals surface area contributed by atoms with E-state index in [0.717, 1.165) is 19.3 Å². The van der Waals surface area contributed by atoms with Gasteiger partial charge >= 0.3 is 0 Å². The molecule has 0 aliphatic carbocycles. The fraction of sp³-hybridized carbons (Fsp3) is 0.538. The average Bonchev–Trinajstić information content (AvgIpc) is 2.38. The molecule has 1 saturated heterocycles. The van der Waals surface area contributed by atoms with Crippen molar-refractivity contribution in [3.63, 3.8) is 0 Å². The van der Waals surface area contributed by atoms with Gasteiger partial charge in [-0.05, 0) is 38.0 Å². The van der Waals surface area contributed by atoms with Gasteiger partial charge in [0.1, 0.15) is 4.90 Å². The van der Waals surface area contributed by atoms with Crippen LogP contribution >= 0.6 is 23.2 Å². The van der Waals surface area contributed by atoms with Gasteiger partial charge in [-0.15, -0.1) is 0 Å². The predicted octanol–water partition coefficient (Wildman–Crippen LogP) is 2.88. The Morgan fingerprint density at radius 3 is 2.65 bits per heavy atom. The molecule has 1 aliphatic heterocycles. The SMILES string of the molecule is CC(N)C1CCCCN1S(=O)(=O)c1ccc(Cl)cc1Cl. The van der Waals surface area contributed by atoms with E-state index >= 15 is 0 Å². The molecule has 0 aromatic heterocycles. The summed E-state index contributed by atoms with van der Waals surface area (Å²) in [5, 5.41) is 0.558. The summed E-state index contributed by atoms with van der Waals surface area (Å²) in [4.78, 5) is 0.0936. The fourth-order valence-electron chi connectivity index (χ4n) is 2.57. The molecule has 0 spiro atoms. The number of piperidine rings is 1. The van der Waals surface area contributed by atoms with E-state index in [1.165, 1.54) is 22.5 Å². The van der Waals surface area contributed by atoms with Crippen molar-refractivity contribution in [1.82, 2.24) is 4.31 Å². The molecule has 0 radical (unpaired) electrons. The van der Waals surface area contributed by atoms with Crippen LogP contribution < -0.4 is 5.73 Å². The van der Waals surface area contributed by atoms with E-state index in [1.807, 2.05) is 6.92 Å². The summed E-state index contributed by atoms with van der Waals surface area (Å²) in [5.41, 5.74) is 5.93. The molecule has 2 N–H and O–H groups in total. The summed E-state index contributed by atoms with van der Waals surface area (Å²) < 4.78 is 27.0. The molecule has 0 saturated carbocycles. The Bertz CT molecular complexity index is 590. The van der Waals surface area contributed by atoms with Crippen molar-refractivity contribution in [1.29, 1.82) is 0 Å². The second kappa shape index (κ2) is 6.20. The van der Waals surface area contributed by atoms with Crippen molar-refractivity contribution >= 4 is 33.2 Å². The van der Waals surface area contributed by atoms with Crippen molar-refractivity contribution in [2.45, 2.75) is 43.2 Å². The van der Waals surface area contributed by atoms with Crippen LogP contribution in [0.1, 0.15) is 26.2 Å². The lowest BCUT2D eigenvalue weighted by molar-refractivity contribution is 0.227. The molecule has 1 aromatic rings. The second-order valence-electron chi connectivity index (χ2n) is 5.11. The van der Waals surface area contributed by atoms with Gasteiger partial charge in [0.2, 0.25) is 10.0 Å². The van der Waals surface area contributed by atoms with E-state index < -0.39 is 10.0 Å². The number of halogens is 2. The fourth-order valence-corrected chi connectivity index (χ4v) is 5.09. The molecule has 20 heavy (non-hydrogen) atoms. The highest BCUT2D eigenvalue weighted by Gasteiger charge is 2.36. The minimum absolute atomic E-state index is 0.0936. The van der Waals surface area contributed by atoms with Gasteiger partial charge < -0.3 is 5.73 Å². The third-order valence-electron chi connectivity index (χ3n) is 3.59. The van der Waals surface area contributed by atoms with E-state index in [2.05, 4.69) is 0 Å². The van der Waals surface area contributed by atoms with E-state index in [1.54, 1.807) is 0 Å². The van der Waals surface area contributed by atoms with Crippen LogP contribution in [0.4, 0.5) is 0 Å². The minimum atomic E-state index is -3.64. The highest BCUT2D eigenvalue weighted by Crippen LogP contribution is 2.31. The molecule has 1 fully saturated rings. The topological polar surface area (TPSA) is 63.4 Å². The normalized spacial score (nSPS) is 22.7. The molecule has 7 heteroatoms. The zero-order valence-electron chi connectivity index (χ0n) is 11.2. The van der Waals surface area contributed by atoms with Gasteiger partial charge in [-0.3, -0.25) is 0 Å². The summed E-state index contributed by atoms with van der Waals surface area (Å²) in [6.45, 7) is 2.31. The van der Waals surface area contributed by atoms with Gasteiger partial charge in [0, 0.05) is 23.7 Å². The van der Waals surface area contributed by atoms with Crippen LogP contribution in [-0.2, 0) is 10.0 Å². The van der Waals surface area contributed by atoms with Gasteiger partial charge in [0.05, 0.1) is 5.02 Å². The number of hydrogen-bond acceptors (Lipinski definition) is 3. The maximum Gasteiger partial charge on any atom is 0.244 e. The van der Waals surface area contributed by atoms with Crippen molar-refractivity contribution in [3.05, 3.63) is 28.2 Å². The Balaban J connectivity index is 2.42. The quantitative estimate of drug-likeness (QED) is 0.922. The number of nitrogens with zero attached hydrogens (tertiary/aromatic N) is 1. The molecular weight excluding hydrogens is 319 g/mol. The Hall–Kier alpha value is -0.330. The van der Waals surface area contributed by atoms with Gasteiger partial charge in [0.15, 0.2) is 0 Å². The van der Waals surface area contributed by atoms with Crippen LogP contribution in [0.2, 0.25) is 10.0 Å². The number of sulfonamides is 1. The first-order valence-electron chi connectivity index (χ1n) is 6.56. The zero-order chi connectivity index (χ0) is 14.9. The molecule has 2 atom stereocenters. The summed E-state index contributed by atoms with van der Waals surface area (Å²) in [7, 11) is -3.64. The van der Waals surface area contributed by atoms with Crippen LogP contribution in [0.3, 0.4) is 0 Å². The number of hydrogen-bond donors (Lipinski definition) is 1. The largest absolute Gasteiger partial charge is 0.326 e. The van der Waals surface area contributed by atoms with Crippen LogP contribution in [0.5, 0.6) is 0 Å². The van der Waals surface area contributed by atoms with Crippen LogP contribution in [0.15, 0.2) is 23.1 Å². The Labute approximate surface area is 129 Å². The summed E-state index contributed by atoms with van der Waals surface area (Å²) in [6, 6.07) is 4.04. The second-order valence-corrected chi connectivity index (χ2v) is 7.82. The molecule has 0 bridgehead atoms. The number of nitrogens with two attached hydrogens (primary N) is 1. The molecule has 1 heterocycles. The minimum Gasteiger partial charge on any atom is -0.326 e. The zero-order valence-corrected chi connectivity index (χ0v) is 13.5. The maximum atomic E-state index is 12.8. The molecule has 4 nitrogen and oxygen atoms in total. The number of rotatable bonds is 3. The van der Waals surface area contributed by atoms with Gasteiger partial charge in [0.25, 0.3) is 0 Å². The standard InChI is InChI=1S/C13H18Cl2N2O2S/c1-9(16)12-4-2-3-7-17(12)20(18,19)13-6-5-10(14)8-11(13)15/h5-6,8-9,12H,2-4,7,16H2,1H3. The molecule has 112 valence electrons. The lowest BCUT2D eigenvalue weighted by atomic mass is 10.00. The first-order chi connectivity index (χ1) is 9.34. The first kappa shape index (κ1) is 16.0. The van der Waals surface area contributed by atoms with E-state index in [-0.39, 0.29) is 22.0 Å². The highest BCUT2D eigenvalue weighted by atomic mass is 35.5. The Morgan fingerprint density at radius 2 is 2.05 bits per heavy atom. The van der Waals surface area contributed by atoms with E-state index in [0.29, 0.717) is 11.6 Å². The number of benzene rings is 1. The summed E-state index contributed by atoms with van der Waals surface area (Å²) in [6.07, 6.45) is 2.61. The lowest BCUT2D eigenvalue weighted by Crippen LogP contribution is -2.51. The van der Waals surface area contributed by atoms with Crippen molar-refractivity contribution in [3.8, 4) is 0 Å². The summed E-state index contributed by atoms with van der Waals surface area (Å²) in [5.74, 6) is 0. The Morgan fingerprint density at radius 1 is 1.35 bits per heavy atom. The summed E-state index contributed by atoms with van der Waals surface area (Å²) >= 11 is 11.9. The van der Waals surface area contributed by atoms with Crippen molar-refractivity contribution in [2.75, 3.05) is 6.54 Å². The maximum absolute atomic E-state index is 12.8. The smallest absolute Gasteiger partial charge is 0.244 e. The molecular formula is C13H18Cl2N2O2S. The molecule has 2 rings (SSSR count). The average molecular weight is 337 g/mol. The Kier molecular flexibility index (Phi) is 4.97. The third kappa shape index (κ3) is 3.12. The lowest BCUT2D eigenvalue weighted by Gasteiger charge is -2.37.